The van der Waals surface area contributed by atoms with Gasteiger partial charge >= 0.3 is 0 Å². The van der Waals surface area contributed by atoms with Gasteiger partial charge in [0.05, 0.1) is 0 Å². The van der Waals surface area contributed by atoms with Gasteiger partial charge in [-0.15, -0.1) is 0 Å². The maximum absolute atomic E-state index is 3.85. The standard InChI is InChI=1S/C16H32N2/c1-3-4-5-6-7-14(2)17-15-10-12-18(13-11-15)16-8-9-16/h14-17H,3-13H2,1-2H3. The maximum Gasteiger partial charge on any atom is 0.00964 e. The highest BCUT2D eigenvalue weighted by atomic mass is 15.2. The van der Waals surface area contributed by atoms with Crippen molar-refractivity contribution >= 4 is 0 Å². The van der Waals surface area contributed by atoms with E-state index in [1.807, 2.05) is 0 Å². The molecule has 2 rings (SSSR count). The number of unbranched alkanes of at least 4 members (excludes halogenated alkanes) is 3. The van der Waals surface area contributed by atoms with Crippen LogP contribution in [0.2, 0.25) is 0 Å². The highest BCUT2D eigenvalue weighted by Crippen LogP contribution is 2.29. The number of rotatable bonds is 8. The van der Waals surface area contributed by atoms with E-state index >= 15 is 0 Å². The zero-order valence-electron chi connectivity index (χ0n) is 12.5. The summed E-state index contributed by atoms with van der Waals surface area (Å²) in [7, 11) is 0. The number of nitrogens with one attached hydrogen (secondary N) is 1. The van der Waals surface area contributed by atoms with Gasteiger partial charge in [0.1, 0.15) is 0 Å². The summed E-state index contributed by atoms with van der Waals surface area (Å²) < 4.78 is 0. The molecule has 2 fully saturated rings. The normalized spacial score (nSPS) is 24.3. The fourth-order valence-corrected chi connectivity index (χ4v) is 3.23. The molecular weight excluding hydrogens is 220 g/mol. The number of hydrogen-bond acceptors (Lipinski definition) is 2. The van der Waals surface area contributed by atoms with Crippen LogP contribution in [0.25, 0.3) is 0 Å². The third-order valence-corrected chi connectivity index (χ3v) is 4.60. The molecule has 0 radical (unpaired) electrons. The van der Waals surface area contributed by atoms with Gasteiger partial charge in [0.2, 0.25) is 0 Å². The second-order valence-electron chi connectivity index (χ2n) is 6.46. The summed E-state index contributed by atoms with van der Waals surface area (Å²) in [4.78, 5) is 2.71. The Bertz CT molecular complexity index is 217. The minimum absolute atomic E-state index is 0.722. The summed E-state index contributed by atoms with van der Waals surface area (Å²) in [6.07, 6.45) is 12.6. The van der Waals surface area contributed by atoms with E-state index in [9.17, 15) is 0 Å². The summed E-state index contributed by atoms with van der Waals surface area (Å²) in [5.41, 5.74) is 0. The van der Waals surface area contributed by atoms with Crippen molar-refractivity contribution in [2.75, 3.05) is 13.1 Å². The van der Waals surface area contributed by atoms with E-state index in [1.54, 1.807) is 0 Å². The Morgan fingerprint density at radius 3 is 2.39 bits per heavy atom. The number of nitrogens with zero attached hydrogens (tertiary/aromatic N) is 1. The third kappa shape index (κ3) is 4.89. The predicted molar refractivity (Wildman–Crippen MR) is 79.0 cm³/mol. The molecule has 1 N–H and O–H groups in total. The lowest BCUT2D eigenvalue weighted by atomic mass is 10.0. The van der Waals surface area contributed by atoms with Crippen LogP contribution in [0, 0.1) is 0 Å². The lowest BCUT2D eigenvalue weighted by Crippen LogP contribution is -2.46. The Hall–Kier alpha value is -0.0800. The summed E-state index contributed by atoms with van der Waals surface area (Å²) in [6.45, 7) is 7.34. The van der Waals surface area contributed by atoms with Gasteiger partial charge in [-0.1, -0.05) is 32.6 Å². The van der Waals surface area contributed by atoms with Gasteiger partial charge in [0.25, 0.3) is 0 Å². The van der Waals surface area contributed by atoms with Gasteiger partial charge in [-0.25, -0.2) is 0 Å². The van der Waals surface area contributed by atoms with E-state index in [2.05, 4.69) is 24.1 Å². The van der Waals surface area contributed by atoms with Gasteiger partial charge in [0, 0.05) is 18.1 Å². The minimum atomic E-state index is 0.722. The number of hydrogen-bond donors (Lipinski definition) is 1. The average Bonchev–Trinajstić information content (AvgIpc) is 3.20. The molecule has 1 aliphatic heterocycles. The first-order valence-electron chi connectivity index (χ1n) is 8.29. The zero-order chi connectivity index (χ0) is 12.8. The largest absolute Gasteiger partial charge is 0.311 e. The highest BCUT2D eigenvalue weighted by molar-refractivity contribution is 4.89. The molecule has 2 heteroatoms. The van der Waals surface area contributed by atoms with E-state index in [0.717, 1.165) is 18.1 Å². The second-order valence-corrected chi connectivity index (χ2v) is 6.46. The Labute approximate surface area is 114 Å². The van der Waals surface area contributed by atoms with E-state index < -0.39 is 0 Å². The van der Waals surface area contributed by atoms with Crippen LogP contribution in [0.4, 0.5) is 0 Å². The molecule has 18 heavy (non-hydrogen) atoms. The average molecular weight is 252 g/mol. The molecule has 0 aromatic heterocycles. The van der Waals surface area contributed by atoms with E-state index in [0.29, 0.717) is 0 Å². The molecule has 0 bridgehead atoms. The van der Waals surface area contributed by atoms with Crippen LogP contribution < -0.4 is 5.32 Å². The van der Waals surface area contributed by atoms with Crippen LogP contribution in [-0.4, -0.2) is 36.1 Å². The molecule has 1 saturated heterocycles. The van der Waals surface area contributed by atoms with Crippen molar-refractivity contribution in [3.8, 4) is 0 Å². The van der Waals surface area contributed by atoms with Crippen molar-refractivity contribution in [2.45, 2.75) is 89.8 Å². The molecule has 1 saturated carbocycles. The molecule has 2 nitrogen and oxygen atoms in total. The number of likely N-dealkylation sites (tertiary alicyclic amines) is 1. The highest BCUT2D eigenvalue weighted by Gasteiger charge is 2.31. The summed E-state index contributed by atoms with van der Waals surface area (Å²) in [6, 6.07) is 2.48. The topological polar surface area (TPSA) is 15.3 Å². The molecule has 1 unspecified atom stereocenters. The van der Waals surface area contributed by atoms with E-state index in [-0.39, 0.29) is 0 Å². The zero-order valence-corrected chi connectivity index (χ0v) is 12.5. The predicted octanol–water partition coefficient (Wildman–Crippen LogP) is 3.56. The molecule has 0 aromatic rings. The van der Waals surface area contributed by atoms with Crippen molar-refractivity contribution in [3.63, 3.8) is 0 Å². The third-order valence-electron chi connectivity index (χ3n) is 4.60. The van der Waals surface area contributed by atoms with Gasteiger partial charge in [-0.05, 0) is 52.1 Å². The van der Waals surface area contributed by atoms with Crippen molar-refractivity contribution < 1.29 is 0 Å². The molecular formula is C16H32N2. The Balaban J connectivity index is 1.53. The summed E-state index contributed by atoms with van der Waals surface area (Å²) >= 11 is 0. The van der Waals surface area contributed by atoms with Crippen molar-refractivity contribution in [2.24, 2.45) is 0 Å². The Morgan fingerprint density at radius 2 is 1.78 bits per heavy atom. The lowest BCUT2D eigenvalue weighted by Gasteiger charge is -2.34. The quantitative estimate of drug-likeness (QED) is 0.665. The van der Waals surface area contributed by atoms with Crippen LogP contribution in [0.5, 0.6) is 0 Å². The molecule has 1 atom stereocenters. The molecule has 0 spiro atoms. The summed E-state index contributed by atoms with van der Waals surface area (Å²) in [5, 5.41) is 3.85. The van der Waals surface area contributed by atoms with Crippen molar-refractivity contribution in [3.05, 3.63) is 0 Å². The molecule has 1 heterocycles. The van der Waals surface area contributed by atoms with Crippen LogP contribution in [0.1, 0.15) is 71.6 Å². The molecule has 1 aliphatic carbocycles. The van der Waals surface area contributed by atoms with Gasteiger partial charge in [-0.2, -0.15) is 0 Å². The van der Waals surface area contributed by atoms with E-state index in [1.165, 1.54) is 70.9 Å². The Morgan fingerprint density at radius 1 is 1.06 bits per heavy atom. The minimum Gasteiger partial charge on any atom is -0.311 e. The fourth-order valence-electron chi connectivity index (χ4n) is 3.23. The monoisotopic (exact) mass is 252 g/mol. The van der Waals surface area contributed by atoms with Crippen LogP contribution in [-0.2, 0) is 0 Å². The number of piperidine rings is 1. The fraction of sp³-hybridized carbons (Fsp3) is 1.00. The van der Waals surface area contributed by atoms with E-state index in [4.69, 9.17) is 0 Å². The van der Waals surface area contributed by atoms with Gasteiger partial charge < -0.3 is 10.2 Å². The van der Waals surface area contributed by atoms with Gasteiger partial charge in [0.15, 0.2) is 0 Å². The molecule has 2 aliphatic rings. The first kappa shape index (κ1) is 14.3. The second kappa shape index (κ2) is 7.49. The van der Waals surface area contributed by atoms with Gasteiger partial charge in [-0.3, -0.25) is 0 Å². The van der Waals surface area contributed by atoms with Crippen LogP contribution in [0.3, 0.4) is 0 Å². The van der Waals surface area contributed by atoms with Crippen molar-refractivity contribution in [1.29, 1.82) is 0 Å². The first-order chi connectivity index (χ1) is 8.79. The molecule has 0 aromatic carbocycles. The smallest absolute Gasteiger partial charge is 0.00964 e. The SMILES string of the molecule is CCCCCCC(C)NC1CCN(C2CC2)CC1. The van der Waals surface area contributed by atoms with Crippen LogP contribution >= 0.6 is 0 Å². The van der Waals surface area contributed by atoms with Crippen molar-refractivity contribution in [1.82, 2.24) is 10.2 Å². The Kier molecular flexibility index (Phi) is 5.97. The summed E-state index contributed by atoms with van der Waals surface area (Å²) in [5.74, 6) is 0. The lowest BCUT2D eigenvalue weighted by molar-refractivity contribution is 0.183. The molecule has 0 amide bonds. The van der Waals surface area contributed by atoms with Crippen LogP contribution in [0.15, 0.2) is 0 Å². The maximum atomic E-state index is 3.85. The first-order valence-corrected chi connectivity index (χ1v) is 8.29. The molecule has 106 valence electrons.